The molecule has 5 rings (SSSR count). The van der Waals surface area contributed by atoms with Gasteiger partial charge in [0.15, 0.2) is 16.8 Å². The predicted octanol–water partition coefficient (Wildman–Crippen LogP) is 2.26. The zero-order valence-corrected chi connectivity index (χ0v) is 23.7. The van der Waals surface area contributed by atoms with Gasteiger partial charge in [-0.15, -0.1) is 0 Å². The number of carbonyl (C=O) groups excluding carboxylic acids is 1. The smallest absolute Gasteiger partial charge is 0.274 e. The molecule has 3 aliphatic rings. The molecular formula is C28H41N5O5S. The summed E-state index contributed by atoms with van der Waals surface area (Å²) in [6.07, 6.45) is 4.04. The molecule has 4 heterocycles. The van der Waals surface area contributed by atoms with Gasteiger partial charge in [-0.1, -0.05) is 25.1 Å². The zero-order valence-electron chi connectivity index (χ0n) is 22.8. The van der Waals surface area contributed by atoms with E-state index >= 15 is 0 Å². The minimum atomic E-state index is -2.17. The van der Waals surface area contributed by atoms with Gasteiger partial charge in [0, 0.05) is 56.9 Å². The van der Waals surface area contributed by atoms with Gasteiger partial charge >= 0.3 is 0 Å². The van der Waals surface area contributed by atoms with Gasteiger partial charge in [0.05, 0.1) is 35.9 Å². The second kappa shape index (κ2) is 13.0. The average molecular weight is 560 g/mol. The minimum absolute atomic E-state index is 0.0497. The van der Waals surface area contributed by atoms with Crippen molar-refractivity contribution in [1.29, 1.82) is 0 Å². The fourth-order valence-electron chi connectivity index (χ4n) is 6.12. The van der Waals surface area contributed by atoms with E-state index in [2.05, 4.69) is 9.80 Å². The number of morpholine rings is 1. The number of aromatic nitrogens is 2. The number of hydrogen-bond donors (Lipinski definition) is 2. The van der Waals surface area contributed by atoms with Crippen molar-refractivity contribution in [2.24, 2.45) is 0 Å². The van der Waals surface area contributed by atoms with Crippen LogP contribution in [0.3, 0.4) is 0 Å². The van der Waals surface area contributed by atoms with Gasteiger partial charge in [0.1, 0.15) is 0 Å². The molecule has 2 atom stereocenters. The van der Waals surface area contributed by atoms with Crippen molar-refractivity contribution < 1.29 is 23.4 Å². The van der Waals surface area contributed by atoms with Crippen LogP contribution in [0.15, 0.2) is 29.2 Å². The highest BCUT2D eigenvalue weighted by Crippen LogP contribution is 2.36. The number of aliphatic hydroxyl groups excluding tert-OH is 1. The molecule has 214 valence electrons. The van der Waals surface area contributed by atoms with Crippen LogP contribution in [-0.4, -0.2) is 116 Å². The third kappa shape index (κ3) is 6.44. The predicted molar refractivity (Wildman–Crippen MR) is 149 cm³/mol. The fraction of sp³-hybridized carbons (Fsp3) is 0.643. The number of likely N-dealkylation sites (tertiary alicyclic amines) is 2. The van der Waals surface area contributed by atoms with Crippen LogP contribution in [0.1, 0.15) is 54.7 Å². The molecule has 11 heteroatoms. The van der Waals surface area contributed by atoms with E-state index in [0.29, 0.717) is 48.9 Å². The van der Waals surface area contributed by atoms with Crippen molar-refractivity contribution in [2.45, 2.75) is 56.1 Å². The number of amides is 1. The van der Waals surface area contributed by atoms with Crippen molar-refractivity contribution >= 4 is 17.0 Å². The highest BCUT2D eigenvalue weighted by Gasteiger charge is 2.33. The van der Waals surface area contributed by atoms with E-state index in [1.165, 1.54) is 0 Å². The highest BCUT2D eigenvalue weighted by molar-refractivity contribution is 7.79. The van der Waals surface area contributed by atoms with Crippen LogP contribution in [0.2, 0.25) is 0 Å². The number of carbonyl (C=O) groups is 1. The summed E-state index contributed by atoms with van der Waals surface area (Å²) in [7, 11) is 0. The first-order valence-corrected chi connectivity index (χ1v) is 15.4. The Hall–Kier alpha value is -2.15. The SMILES string of the molecule is CCc1c(C(=O)N2CCOCC2)nn([C@H]2CCCN(CCN3CCC(O)CC3)C2)c1-c1ccccc1S(=O)O. The van der Waals surface area contributed by atoms with Crippen LogP contribution in [0.4, 0.5) is 0 Å². The maximum Gasteiger partial charge on any atom is 0.274 e. The summed E-state index contributed by atoms with van der Waals surface area (Å²) in [6.45, 7) is 9.72. The van der Waals surface area contributed by atoms with E-state index in [9.17, 15) is 18.7 Å². The lowest BCUT2D eigenvalue weighted by atomic mass is 10.0. The van der Waals surface area contributed by atoms with Gasteiger partial charge in [-0.25, -0.2) is 4.21 Å². The van der Waals surface area contributed by atoms with E-state index < -0.39 is 11.1 Å². The van der Waals surface area contributed by atoms with Crippen LogP contribution in [0, 0.1) is 0 Å². The molecule has 3 aliphatic heterocycles. The molecule has 0 bridgehead atoms. The maximum absolute atomic E-state index is 13.7. The molecule has 1 aromatic carbocycles. The topological polar surface area (TPSA) is 111 Å². The molecule has 1 unspecified atom stereocenters. The number of piperidine rings is 2. The third-order valence-corrected chi connectivity index (χ3v) is 9.04. The Morgan fingerprint density at radius 3 is 2.49 bits per heavy atom. The molecule has 10 nitrogen and oxygen atoms in total. The summed E-state index contributed by atoms with van der Waals surface area (Å²) in [5.41, 5.74) is 2.71. The molecule has 3 fully saturated rings. The largest absolute Gasteiger partial charge is 0.393 e. The number of nitrogens with zero attached hydrogens (tertiary/aromatic N) is 5. The second-order valence-corrected chi connectivity index (χ2v) is 11.7. The Morgan fingerprint density at radius 1 is 1.05 bits per heavy atom. The molecule has 1 amide bonds. The van der Waals surface area contributed by atoms with Crippen LogP contribution >= 0.6 is 0 Å². The fourth-order valence-corrected chi connectivity index (χ4v) is 6.66. The Labute approximate surface area is 233 Å². The third-order valence-electron chi connectivity index (χ3n) is 8.31. The van der Waals surface area contributed by atoms with Gasteiger partial charge in [0.2, 0.25) is 0 Å². The molecule has 3 saturated heterocycles. The lowest BCUT2D eigenvalue weighted by Crippen LogP contribution is -2.44. The molecule has 0 spiro atoms. The molecule has 0 radical (unpaired) electrons. The Balaban J connectivity index is 1.46. The van der Waals surface area contributed by atoms with Crippen LogP contribution in [0.5, 0.6) is 0 Å². The molecular weight excluding hydrogens is 518 g/mol. The summed E-state index contributed by atoms with van der Waals surface area (Å²) >= 11 is -2.17. The quantitative estimate of drug-likeness (QED) is 0.474. The first kappa shape index (κ1) is 28.4. The Kier molecular flexibility index (Phi) is 9.47. The molecule has 2 aromatic rings. The van der Waals surface area contributed by atoms with E-state index in [4.69, 9.17) is 9.84 Å². The normalized spacial score (nSPS) is 22.7. The lowest BCUT2D eigenvalue weighted by Gasteiger charge is -2.36. The minimum Gasteiger partial charge on any atom is -0.393 e. The first-order chi connectivity index (χ1) is 19.0. The molecule has 39 heavy (non-hydrogen) atoms. The lowest BCUT2D eigenvalue weighted by molar-refractivity contribution is 0.0297. The monoisotopic (exact) mass is 559 g/mol. The van der Waals surface area contributed by atoms with Gasteiger partial charge < -0.3 is 24.2 Å². The van der Waals surface area contributed by atoms with Crippen LogP contribution in [0.25, 0.3) is 11.3 Å². The van der Waals surface area contributed by atoms with Gasteiger partial charge in [-0.2, -0.15) is 5.10 Å². The number of ether oxygens (including phenoxy) is 1. The first-order valence-electron chi connectivity index (χ1n) is 14.3. The van der Waals surface area contributed by atoms with Crippen LogP contribution in [-0.2, 0) is 22.2 Å². The number of benzene rings is 1. The second-order valence-electron chi connectivity index (χ2n) is 10.8. The van der Waals surface area contributed by atoms with Gasteiger partial charge in [-0.05, 0) is 44.7 Å². The Morgan fingerprint density at radius 2 is 1.77 bits per heavy atom. The van der Waals surface area contributed by atoms with E-state index in [0.717, 1.165) is 76.2 Å². The van der Waals surface area contributed by atoms with E-state index in [1.807, 2.05) is 23.7 Å². The Bertz CT molecular complexity index is 1160. The highest BCUT2D eigenvalue weighted by atomic mass is 32.2. The van der Waals surface area contributed by atoms with Crippen LogP contribution < -0.4 is 0 Å². The summed E-state index contributed by atoms with van der Waals surface area (Å²) in [6, 6.07) is 7.22. The average Bonchev–Trinajstić information content (AvgIpc) is 3.36. The number of hydrogen-bond acceptors (Lipinski definition) is 7. The molecule has 0 aliphatic carbocycles. The summed E-state index contributed by atoms with van der Waals surface area (Å²) in [5.74, 6) is -0.0993. The van der Waals surface area contributed by atoms with Gasteiger partial charge in [0.25, 0.3) is 5.91 Å². The standard InChI is InChI=1S/C28H41N5O5S/c1-2-23-26(28(35)32-16-18-38-19-17-32)29-33(27(23)24-7-3-4-8-25(24)39(36)37)21-6-5-11-31(20-21)15-14-30-12-9-22(34)10-13-30/h3-4,7-8,21-22,34H,2,5-6,9-20H2,1H3,(H,36,37)/t21-/m0/s1. The van der Waals surface area contributed by atoms with Crippen molar-refractivity contribution in [3.05, 3.63) is 35.5 Å². The maximum atomic E-state index is 13.7. The molecule has 1 aromatic heterocycles. The number of rotatable bonds is 8. The van der Waals surface area contributed by atoms with Crippen molar-refractivity contribution in [3.63, 3.8) is 0 Å². The summed E-state index contributed by atoms with van der Waals surface area (Å²) in [5, 5.41) is 14.8. The van der Waals surface area contributed by atoms with Gasteiger partial charge in [-0.3, -0.25) is 14.4 Å². The van der Waals surface area contributed by atoms with E-state index in [-0.39, 0.29) is 18.1 Å². The van der Waals surface area contributed by atoms with E-state index in [1.54, 1.807) is 17.0 Å². The zero-order chi connectivity index (χ0) is 27.4. The number of aliphatic hydroxyl groups is 1. The molecule has 0 saturated carbocycles. The van der Waals surface area contributed by atoms with Crippen molar-refractivity contribution in [2.75, 3.05) is 65.6 Å². The summed E-state index contributed by atoms with van der Waals surface area (Å²) in [4.78, 5) is 20.7. The van der Waals surface area contributed by atoms with Crippen molar-refractivity contribution in [3.8, 4) is 11.3 Å². The summed E-state index contributed by atoms with van der Waals surface area (Å²) < 4.78 is 29.9. The molecule has 2 N–H and O–H groups in total. The van der Waals surface area contributed by atoms with Crippen molar-refractivity contribution in [1.82, 2.24) is 24.5 Å².